The van der Waals surface area contributed by atoms with E-state index in [2.05, 4.69) is 70.2 Å². The van der Waals surface area contributed by atoms with Gasteiger partial charge in [0.05, 0.1) is 49.2 Å². The number of rotatable bonds is 16. The Hall–Kier alpha value is -1.40. The van der Waals surface area contributed by atoms with Crippen molar-refractivity contribution in [3.05, 3.63) is 0 Å². The van der Waals surface area contributed by atoms with Crippen LogP contribution in [0.4, 0.5) is 0 Å². The molecule has 0 aromatic carbocycles. The predicted octanol–water partition coefficient (Wildman–Crippen LogP) is -2.57. The minimum atomic E-state index is -0.442. The standard InChI is InChI=1S/C25H50N10O4S2/c1-22(36)34-24-12-27-18-30-15-25(16-31-19-28-13-24,17-32-20-29-14-24)35-23(41)33-5-3-7-38-9-11-39-10-8-37-6-2-4-26-21-40/h27-32H,2-20H2,1H3,(H,34,36)(H2,33,35,41). The monoisotopic (exact) mass is 618 g/mol. The Labute approximate surface area is 255 Å². The molecule has 0 aromatic heterocycles. The molecule has 0 spiro atoms. The minimum Gasteiger partial charge on any atom is -0.379 e. The summed E-state index contributed by atoms with van der Waals surface area (Å²) in [5.41, 5.74) is -0.806. The van der Waals surface area contributed by atoms with Crippen LogP contribution >= 0.6 is 24.4 Å². The summed E-state index contributed by atoms with van der Waals surface area (Å²) >= 11 is 10.2. The zero-order valence-electron chi connectivity index (χ0n) is 24.3. The summed E-state index contributed by atoms with van der Waals surface area (Å²) in [4.78, 5) is 15.8. The molecule has 3 rings (SSSR count). The summed E-state index contributed by atoms with van der Waals surface area (Å²) in [5, 5.41) is 33.8. The second-order valence-corrected chi connectivity index (χ2v) is 10.8. The van der Waals surface area contributed by atoms with Crippen LogP contribution in [0.2, 0.25) is 0 Å². The first-order chi connectivity index (χ1) is 20.0. The van der Waals surface area contributed by atoms with Gasteiger partial charge in [-0.1, -0.05) is 0 Å². The number of aliphatic imine (C=N–C) groups is 1. The number of hydrogen-bond acceptors (Lipinski definition) is 13. The average molecular weight is 619 g/mol. The van der Waals surface area contributed by atoms with E-state index in [9.17, 15) is 4.79 Å². The molecule has 0 unspecified atom stereocenters. The van der Waals surface area contributed by atoms with Gasteiger partial charge in [0.25, 0.3) is 0 Å². The number of hydrogen-bond donors (Lipinski definition) is 9. The van der Waals surface area contributed by atoms with E-state index in [1.165, 1.54) is 0 Å². The average Bonchev–Trinajstić information content (AvgIpc) is 2.92. The van der Waals surface area contributed by atoms with Crippen LogP contribution < -0.4 is 47.9 Å². The number of fused-ring (bicyclic) bond motifs is 12. The van der Waals surface area contributed by atoms with E-state index in [0.717, 1.165) is 12.8 Å². The van der Waals surface area contributed by atoms with Crippen molar-refractivity contribution in [2.45, 2.75) is 30.8 Å². The third kappa shape index (κ3) is 16.7. The molecular weight excluding hydrogens is 568 g/mol. The molecule has 16 heteroatoms. The lowest BCUT2D eigenvalue weighted by atomic mass is 9.97. The number of thiocarbonyl (C=S) groups is 2. The highest BCUT2D eigenvalue weighted by Gasteiger charge is 2.34. The molecule has 0 aromatic rings. The van der Waals surface area contributed by atoms with Gasteiger partial charge in [-0.05, 0) is 37.3 Å². The molecule has 236 valence electrons. The Morgan fingerprint density at radius 2 is 1.20 bits per heavy atom. The zero-order valence-corrected chi connectivity index (χ0v) is 26.0. The lowest BCUT2D eigenvalue weighted by Gasteiger charge is -2.40. The molecule has 0 saturated carbocycles. The molecule has 14 nitrogen and oxygen atoms in total. The molecule has 3 saturated heterocycles. The van der Waals surface area contributed by atoms with Gasteiger partial charge in [0.1, 0.15) is 0 Å². The Morgan fingerprint density at radius 1 is 0.756 bits per heavy atom. The number of ether oxygens (including phenoxy) is 3. The summed E-state index contributed by atoms with van der Waals surface area (Å²) in [5.74, 6) is -0.0493. The van der Waals surface area contributed by atoms with Gasteiger partial charge >= 0.3 is 0 Å². The molecule has 41 heavy (non-hydrogen) atoms. The first-order valence-electron chi connectivity index (χ1n) is 14.4. The molecule has 0 aliphatic carbocycles. The molecular formula is C25H50N10O4S2. The molecule has 3 fully saturated rings. The lowest BCUT2D eigenvalue weighted by molar-refractivity contribution is -0.120. The van der Waals surface area contributed by atoms with E-state index in [1.807, 2.05) is 0 Å². The molecule has 3 aliphatic rings. The normalized spacial score (nSPS) is 23.9. The highest BCUT2D eigenvalue weighted by atomic mass is 32.1. The Balaban J connectivity index is 1.66. The third-order valence-electron chi connectivity index (χ3n) is 6.47. The van der Waals surface area contributed by atoms with Crippen LogP contribution in [-0.2, 0) is 19.0 Å². The maximum absolute atomic E-state index is 11.9. The maximum Gasteiger partial charge on any atom is 0.217 e. The van der Waals surface area contributed by atoms with Crippen LogP contribution in [0, 0.1) is 0 Å². The summed E-state index contributed by atoms with van der Waals surface area (Å²) in [6.45, 7) is 12.0. The van der Waals surface area contributed by atoms with Crippen molar-refractivity contribution in [1.82, 2.24) is 47.9 Å². The first kappa shape index (κ1) is 35.8. The van der Waals surface area contributed by atoms with Crippen molar-refractivity contribution in [1.29, 1.82) is 0 Å². The van der Waals surface area contributed by atoms with Crippen molar-refractivity contribution in [2.24, 2.45) is 4.99 Å². The molecule has 9 N–H and O–H groups in total. The quantitative estimate of drug-likeness (QED) is 0.0504. The zero-order chi connectivity index (χ0) is 29.5. The van der Waals surface area contributed by atoms with Crippen LogP contribution in [0.5, 0.6) is 0 Å². The van der Waals surface area contributed by atoms with Gasteiger partial charge in [-0.2, -0.15) is 0 Å². The first-order valence-corrected chi connectivity index (χ1v) is 15.2. The fourth-order valence-corrected chi connectivity index (χ4v) is 4.99. The Kier molecular flexibility index (Phi) is 19.4. The highest BCUT2D eigenvalue weighted by Crippen LogP contribution is 2.06. The topological polar surface area (TPSA) is 165 Å². The van der Waals surface area contributed by atoms with Gasteiger partial charge in [-0.15, -0.1) is 0 Å². The van der Waals surface area contributed by atoms with Crippen molar-refractivity contribution < 1.29 is 19.0 Å². The lowest BCUT2D eigenvalue weighted by Crippen LogP contribution is -2.71. The Morgan fingerprint density at radius 3 is 1.66 bits per heavy atom. The van der Waals surface area contributed by atoms with Crippen LogP contribution in [0.1, 0.15) is 19.8 Å². The van der Waals surface area contributed by atoms with Gasteiger partial charge in [0, 0.05) is 86.0 Å². The summed E-state index contributed by atoms with van der Waals surface area (Å²) in [6.07, 6.45) is 1.66. The summed E-state index contributed by atoms with van der Waals surface area (Å²) in [7, 11) is 0. The maximum atomic E-state index is 11.9. The second kappa shape index (κ2) is 22.2. The molecule has 1 amide bonds. The van der Waals surface area contributed by atoms with Gasteiger partial charge in [0.15, 0.2) is 5.11 Å². The number of amides is 1. The van der Waals surface area contributed by atoms with E-state index in [-0.39, 0.29) is 11.4 Å². The SMILES string of the molecule is CC(=O)NC12CNCNCC(NC(=S)NCCCOCCOCCOCCCN=C=S)(CNCNC1)CNCNC2. The van der Waals surface area contributed by atoms with Crippen molar-refractivity contribution in [3.8, 4) is 0 Å². The van der Waals surface area contributed by atoms with Gasteiger partial charge in [0.2, 0.25) is 5.91 Å². The fourth-order valence-electron chi connectivity index (χ4n) is 4.58. The number of isothiocyanates is 1. The van der Waals surface area contributed by atoms with E-state index >= 15 is 0 Å². The number of carbonyl (C=O) groups is 1. The van der Waals surface area contributed by atoms with Gasteiger partial charge in [-0.25, -0.2) is 4.99 Å². The van der Waals surface area contributed by atoms with E-state index < -0.39 is 5.54 Å². The van der Waals surface area contributed by atoms with Crippen molar-refractivity contribution in [3.63, 3.8) is 0 Å². The molecule has 0 atom stereocenters. The molecule has 3 heterocycles. The minimum absolute atomic E-state index is 0.0493. The summed E-state index contributed by atoms with van der Waals surface area (Å²) < 4.78 is 16.6. The summed E-state index contributed by atoms with van der Waals surface area (Å²) in [6, 6.07) is 0. The third-order valence-corrected chi connectivity index (χ3v) is 6.84. The highest BCUT2D eigenvalue weighted by molar-refractivity contribution is 7.80. The van der Waals surface area contributed by atoms with Crippen molar-refractivity contribution in [2.75, 3.05) is 112 Å². The molecule has 3 aliphatic heterocycles. The molecule has 2 bridgehead atoms. The largest absolute Gasteiger partial charge is 0.379 e. The number of nitrogens with zero attached hydrogens (tertiary/aromatic N) is 1. The van der Waals surface area contributed by atoms with E-state index in [1.54, 1.807) is 6.92 Å². The fraction of sp³-hybridized carbons (Fsp3) is 0.880. The van der Waals surface area contributed by atoms with E-state index in [4.69, 9.17) is 26.4 Å². The van der Waals surface area contributed by atoms with Gasteiger partial charge in [-0.3, -0.25) is 4.79 Å². The van der Waals surface area contributed by atoms with E-state index in [0.29, 0.717) is 117 Å². The van der Waals surface area contributed by atoms with Crippen molar-refractivity contribution >= 4 is 40.6 Å². The molecule has 0 radical (unpaired) electrons. The predicted molar refractivity (Wildman–Crippen MR) is 167 cm³/mol. The number of carbonyl (C=O) groups excluding carboxylic acids is 1. The smallest absolute Gasteiger partial charge is 0.217 e. The second-order valence-electron chi connectivity index (χ2n) is 10.2. The Bertz CT molecular complexity index is 753. The van der Waals surface area contributed by atoms with Crippen LogP contribution in [0.3, 0.4) is 0 Å². The van der Waals surface area contributed by atoms with Crippen LogP contribution in [0.15, 0.2) is 4.99 Å². The van der Waals surface area contributed by atoms with Crippen LogP contribution in [-0.4, -0.2) is 139 Å². The van der Waals surface area contributed by atoms with Gasteiger partial charge < -0.3 is 62.1 Å². The number of nitrogens with one attached hydrogen (secondary N) is 9. The van der Waals surface area contributed by atoms with Crippen LogP contribution in [0.25, 0.3) is 0 Å².